The van der Waals surface area contributed by atoms with Gasteiger partial charge in [-0.05, 0) is 42.3 Å². The fourth-order valence-electron chi connectivity index (χ4n) is 2.35. The van der Waals surface area contributed by atoms with E-state index in [1.807, 2.05) is 55.5 Å². The third kappa shape index (κ3) is 5.87. The molecule has 24 heavy (non-hydrogen) atoms. The standard InChI is InChI=1S/C19H21ClO4/c1-2-23-18(13-19(21)22)15-5-9-17(10-6-15)24-12-11-14-3-7-16(20)8-4-14/h3-10,18H,2,11-13H2,1H3,(H,21,22). The van der Waals surface area contributed by atoms with E-state index in [1.165, 1.54) is 0 Å². The topological polar surface area (TPSA) is 55.8 Å². The Balaban J connectivity index is 1.88. The third-order valence-electron chi connectivity index (χ3n) is 3.55. The van der Waals surface area contributed by atoms with Crippen molar-refractivity contribution >= 4 is 17.6 Å². The lowest BCUT2D eigenvalue weighted by atomic mass is 10.1. The monoisotopic (exact) mass is 348 g/mol. The maximum absolute atomic E-state index is 10.9. The molecule has 0 radical (unpaired) electrons. The molecule has 128 valence electrons. The van der Waals surface area contributed by atoms with Crippen molar-refractivity contribution in [1.82, 2.24) is 0 Å². The van der Waals surface area contributed by atoms with Gasteiger partial charge < -0.3 is 14.6 Å². The summed E-state index contributed by atoms with van der Waals surface area (Å²) in [6.07, 6.45) is 0.306. The fraction of sp³-hybridized carbons (Fsp3) is 0.316. The van der Waals surface area contributed by atoms with E-state index in [-0.39, 0.29) is 6.42 Å². The quantitative estimate of drug-likeness (QED) is 0.724. The first kappa shape index (κ1) is 18.3. The van der Waals surface area contributed by atoms with Gasteiger partial charge in [-0.25, -0.2) is 0 Å². The van der Waals surface area contributed by atoms with Crippen molar-refractivity contribution in [2.45, 2.75) is 25.9 Å². The predicted octanol–water partition coefficient (Wildman–Crippen LogP) is 4.51. The molecule has 1 atom stereocenters. The number of halogens is 1. The lowest BCUT2D eigenvalue weighted by Gasteiger charge is -2.16. The van der Waals surface area contributed by atoms with Crippen LogP contribution < -0.4 is 4.74 Å². The van der Waals surface area contributed by atoms with Crippen LogP contribution in [0.1, 0.15) is 30.6 Å². The highest BCUT2D eigenvalue weighted by Gasteiger charge is 2.15. The highest BCUT2D eigenvalue weighted by molar-refractivity contribution is 6.30. The minimum atomic E-state index is -0.878. The molecule has 0 aliphatic heterocycles. The smallest absolute Gasteiger partial charge is 0.306 e. The Morgan fingerprint density at radius 1 is 1.12 bits per heavy atom. The van der Waals surface area contributed by atoms with Crippen LogP contribution in [-0.2, 0) is 16.0 Å². The van der Waals surface area contributed by atoms with Crippen LogP contribution in [0.4, 0.5) is 0 Å². The highest BCUT2D eigenvalue weighted by atomic mass is 35.5. The van der Waals surface area contributed by atoms with Gasteiger partial charge >= 0.3 is 5.97 Å². The van der Waals surface area contributed by atoms with Crippen LogP contribution in [0.15, 0.2) is 48.5 Å². The van der Waals surface area contributed by atoms with Gasteiger partial charge in [0.05, 0.1) is 19.1 Å². The van der Waals surface area contributed by atoms with E-state index >= 15 is 0 Å². The summed E-state index contributed by atoms with van der Waals surface area (Å²) in [5.74, 6) is -0.130. The predicted molar refractivity (Wildman–Crippen MR) is 93.7 cm³/mol. The summed E-state index contributed by atoms with van der Waals surface area (Å²) < 4.78 is 11.2. The molecular weight excluding hydrogens is 328 g/mol. The van der Waals surface area contributed by atoms with Crippen LogP contribution >= 0.6 is 11.6 Å². The number of hydrogen-bond donors (Lipinski definition) is 1. The fourth-order valence-corrected chi connectivity index (χ4v) is 2.48. The number of carboxylic acid groups (broad SMARTS) is 1. The molecule has 0 aromatic heterocycles. The van der Waals surface area contributed by atoms with Gasteiger partial charge in [-0.15, -0.1) is 0 Å². The largest absolute Gasteiger partial charge is 0.493 e. The van der Waals surface area contributed by atoms with E-state index in [9.17, 15) is 4.79 Å². The van der Waals surface area contributed by atoms with E-state index in [4.69, 9.17) is 26.2 Å². The Hall–Kier alpha value is -2.04. The summed E-state index contributed by atoms with van der Waals surface area (Å²) in [4.78, 5) is 10.9. The molecule has 0 heterocycles. The zero-order valence-electron chi connectivity index (χ0n) is 13.6. The second-order valence-electron chi connectivity index (χ2n) is 5.34. The van der Waals surface area contributed by atoms with Crippen LogP contribution in [0.5, 0.6) is 5.75 Å². The van der Waals surface area contributed by atoms with Crippen LogP contribution in [0.2, 0.25) is 5.02 Å². The molecule has 0 saturated heterocycles. The lowest BCUT2D eigenvalue weighted by Crippen LogP contribution is -2.10. The minimum Gasteiger partial charge on any atom is -0.493 e. The van der Waals surface area contributed by atoms with Crippen molar-refractivity contribution in [2.24, 2.45) is 0 Å². The Bertz CT molecular complexity index is 637. The average molecular weight is 349 g/mol. The number of benzene rings is 2. The Morgan fingerprint density at radius 3 is 2.38 bits per heavy atom. The molecule has 0 bridgehead atoms. The van der Waals surface area contributed by atoms with E-state index in [2.05, 4.69) is 0 Å². The summed E-state index contributed by atoms with van der Waals surface area (Å²) in [5, 5.41) is 9.68. The van der Waals surface area contributed by atoms with Gasteiger partial charge in [-0.2, -0.15) is 0 Å². The zero-order valence-corrected chi connectivity index (χ0v) is 14.3. The number of ether oxygens (including phenoxy) is 2. The van der Waals surface area contributed by atoms with Gasteiger partial charge in [0.2, 0.25) is 0 Å². The summed E-state index contributed by atoms with van der Waals surface area (Å²) in [7, 11) is 0. The molecule has 2 aromatic rings. The summed E-state index contributed by atoms with van der Waals surface area (Å²) >= 11 is 5.86. The maximum atomic E-state index is 10.9. The van der Waals surface area contributed by atoms with Gasteiger partial charge in [0.1, 0.15) is 5.75 Å². The van der Waals surface area contributed by atoms with Gasteiger partial charge in [0.25, 0.3) is 0 Å². The van der Waals surface area contributed by atoms with Crippen molar-refractivity contribution in [2.75, 3.05) is 13.2 Å². The van der Waals surface area contributed by atoms with Gasteiger partial charge in [0.15, 0.2) is 0 Å². The minimum absolute atomic E-state index is 0.0510. The summed E-state index contributed by atoms with van der Waals surface area (Å²) in [6, 6.07) is 15.1. The van der Waals surface area contributed by atoms with Gasteiger partial charge in [0, 0.05) is 18.1 Å². The molecule has 0 aliphatic carbocycles. The number of hydrogen-bond acceptors (Lipinski definition) is 3. The SMILES string of the molecule is CCOC(CC(=O)O)c1ccc(OCCc2ccc(Cl)cc2)cc1. The van der Waals surface area contributed by atoms with Crippen molar-refractivity contribution < 1.29 is 19.4 Å². The normalized spacial score (nSPS) is 11.9. The maximum Gasteiger partial charge on any atom is 0.306 e. The van der Waals surface area contributed by atoms with E-state index in [0.717, 1.165) is 28.3 Å². The Labute approximate surface area is 147 Å². The molecule has 4 nitrogen and oxygen atoms in total. The first-order valence-electron chi connectivity index (χ1n) is 7.89. The molecule has 0 saturated carbocycles. The van der Waals surface area contributed by atoms with Crippen molar-refractivity contribution in [3.8, 4) is 5.75 Å². The molecule has 0 aliphatic rings. The molecule has 0 spiro atoms. The van der Waals surface area contributed by atoms with E-state index in [1.54, 1.807) is 0 Å². The number of carbonyl (C=O) groups is 1. The summed E-state index contributed by atoms with van der Waals surface area (Å²) in [5.41, 5.74) is 2.00. The molecule has 5 heteroatoms. The van der Waals surface area contributed by atoms with Crippen molar-refractivity contribution in [3.63, 3.8) is 0 Å². The second kappa shape index (κ2) is 9.30. The molecule has 0 amide bonds. The number of aliphatic carboxylic acids is 1. The van der Waals surface area contributed by atoms with Crippen molar-refractivity contribution in [3.05, 3.63) is 64.7 Å². The summed E-state index contributed by atoms with van der Waals surface area (Å²) in [6.45, 7) is 2.88. The van der Waals surface area contributed by atoms with Crippen molar-refractivity contribution in [1.29, 1.82) is 0 Å². The first-order valence-corrected chi connectivity index (χ1v) is 8.27. The van der Waals surface area contributed by atoms with Crippen LogP contribution in [0, 0.1) is 0 Å². The average Bonchev–Trinajstić information content (AvgIpc) is 2.57. The molecule has 1 N–H and O–H groups in total. The van der Waals surface area contributed by atoms with E-state index < -0.39 is 12.1 Å². The van der Waals surface area contributed by atoms with Crippen LogP contribution in [0.25, 0.3) is 0 Å². The van der Waals surface area contributed by atoms with E-state index in [0.29, 0.717) is 13.2 Å². The number of rotatable bonds is 9. The van der Waals surface area contributed by atoms with Gasteiger partial charge in [-0.3, -0.25) is 4.79 Å². The molecule has 1 unspecified atom stereocenters. The highest BCUT2D eigenvalue weighted by Crippen LogP contribution is 2.24. The second-order valence-corrected chi connectivity index (χ2v) is 5.77. The molecule has 2 rings (SSSR count). The van der Waals surface area contributed by atoms with Crippen LogP contribution in [-0.4, -0.2) is 24.3 Å². The third-order valence-corrected chi connectivity index (χ3v) is 3.80. The molecular formula is C19H21ClO4. The number of carboxylic acids is 1. The molecule has 0 fully saturated rings. The first-order chi connectivity index (χ1) is 11.6. The zero-order chi connectivity index (χ0) is 17.4. The molecule has 2 aromatic carbocycles. The van der Waals surface area contributed by atoms with Crippen LogP contribution in [0.3, 0.4) is 0 Å². The Morgan fingerprint density at radius 2 is 1.79 bits per heavy atom. The van der Waals surface area contributed by atoms with Gasteiger partial charge in [-0.1, -0.05) is 35.9 Å². The lowest BCUT2D eigenvalue weighted by molar-refractivity contribution is -0.140. The Kier molecular flexibility index (Phi) is 7.09.